The van der Waals surface area contributed by atoms with Crippen LogP contribution in [0, 0.1) is 0 Å². The Labute approximate surface area is 287 Å². The molecule has 0 radical (unpaired) electrons. The lowest BCUT2D eigenvalue weighted by atomic mass is 9.96. The molecule has 0 aliphatic carbocycles. The number of nitrogens with two attached hydrogens (primary N) is 1. The number of aliphatic hydroxyl groups excluding tert-OH is 1. The van der Waals surface area contributed by atoms with E-state index in [1.54, 1.807) is 48.5 Å². The first-order valence-corrected chi connectivity index (χ1v) is 17.2. The highest BCUT2D eigenvalue weighted by molar-refractivity contribution is 7.54. The summed E-state index contributed by atoms with van der Waals surface area (Å²) in [6.45, 7) is 3.53. The number of nitrogen functional groups attached to an aromatic ring is 1. The summed E-state index contributed by atoms with van der Waals surface area (Å²) in [5.74, 6) is -1.53. The molecule has 6 N–H and O–H groups in total. The first kappa shape index (κ1) is 36.8. The second-order valence-corrected chi connectivity index (χ2v) is 13.7. The SMILES string of the molecule is COc1nc(N)nc2c1ncn2[C@@H]1O[C@H](COP(=O)(N[C@@H](C)C(=O)OCc2ccccc2)N[C@@H](C)C(=O)OCc2ccccc2)[C@@H](O)[C@@]1(C)O. The van der Waals surface area contributed by atoms with E-state index < -0.39 is 62.3 Å². The van der Waals surface area contributed by atoms with Crippen LogP contribution in [0.1, 0.15) is 38.1 Å². The van der Waals surface area contributed by atoms with Crippen molar-refractivity contribution in [3.8, 4) is 5.88 Å². The Kier molecular flexibility index (Phi) is 11.5. The summed E-state index contributed by atoms with van der Waals surface area (Å²) in [6, 6.07) is 15.6. The molecule has 1 saturated heterocycles. The molecule has 1 fully saturated rings. The molecule has 268 valence electrons. The van der Waals surface area contributed by atoms with Crippen molar-refractivity contribution in [1.82, 2.24) is 29.7 Å². The Balaban J connectivity index is 1.31. The fourth-order valence-electron chi connectivity index (χ4n) is 5.21. The standard InChI is InChI=1S/C32H40N7O10P/c1-19(28(41)46-15-21-11-7-5-8-12-21)37-50(44,38-20(2)29(42)47-16-22-13-9-6-10-14-22)48-17-23-25(40)32(3,43)30(49-23)39-18-34-24-26(39)35-31(33)36-27(24)45-4/h5-14,18-20,23,25,30,40,43H,15-17H2,1-4H3,(H2,33,35,36)(H2,37,38,44)/t19-,20-,23+,25+,30+,32+/m0/s1. The number of ether oxygens (including phenoxy) is 4. The Hall–Kier alpha value is -4.48. The van der Waals surface area contributed by atoms with Crippen LogP contribution in [0.5, 0.6) is 5.88 Å². The van der Waals surface area contributed by atoms with Crippen LogP contribution in [0.25, 0.3) is 11.2 Å². The van der Waals surface area contributed by atoms with Crippen LogP contribution in [-0.2, 0) is 46.1 Å². The quantitative estimate of drug-likeness (QED) is 0.0876. The van der Waals surface area contributed by atoms with Gasteiger partial charge >= 0.3 is 19.6 Å². The molecular formula is C32H40N7O10P. The molecule has 4 aromatic rings. The molecule has 17 nitrogen and oxygen atoms in total. The van der Waals surface area contributed by atoms with Gasteiger partial charge in [-0.05, 0) is 31.9 Å². The summed E-state index contributed by atoms with van der Waals surface area (Å²) >= 11 is 0. The summed E-state index contributed by atoms with van der Waals surface area (Å²) < 4.78 is 43.5. The highest BCUT2D eigenvalue weighted by atomic mass is 31.2. The predicted octanol–water partition coefficient (Wildman–Crippen LogP) is 1.99. The number of anilines is 1. The molecule has 6 atom stereocenters. The van der Waals surface area contributed by atoms with Crippen LogP contribution in [0.4, 0.5) is 5.95 Å². The molecular weight excluding hydrogens is 673 g/mol. The van der Waals surface area contributed by atoms with Gasteiger partial charge in [-0.3, -0.25) is 18.7 Å². The molecule has 3 heterocycles. The molecule has 0 saturated carbocycles. The summed E-state index contributed by atoms with van der Waals surface area (Å²) in [4.78, 5) is 38.2. The summed E-state index contributed by atoms with van der Waals surface area (Å²) in [5, 5.41) is 27.8. The zero-order valence-corrected chi connectivity index (χ0v) is 28.7. The van der Waals surface area contributed by atoms with Crippen molar-refractivity contribution in [1.29, 1.82) is 0 Å². The van der Waals surface area contributed by atoms with Crippen LogP contribution in [0.2, 0.25) is 0 Å². The first-order valence-electron chi connectivity index (χ1n) is 15.6. The van der Waals surface area contributed by atoms with Crippen molar-refractivity contribution >= 4 is 36.7 Å². The number of rotatable bonds is 15. The number of hydrogen-bond donors (Lipinski definition) is 5. The van der Waals surface area contributed by atoms with Gasteiger partial charge in [-0.2, -0.15) is 9.97 Å². The van der Waals surface area contributed by atoms with E-state index in [-0.39, 0.29) is 36.2 Å². The fourth-order valence-corrected chi connectivity index (χ4v) is 7.02. The van der Waals surface area contributed by atoms with Crippen molar-refractivity contribution < 1.29 is 47.8 Å². The number of carbonyl (C=O) groups excluding carboxylic acids is 2. The van der Waals surface area contributed by atoms with Gasteiger partial charge < -0.3 is 39.4 Å². The normalized spacial score (nSPS) is 21.8. The molecule has 5 rings (SSSR count). The predicted molar refractivity (Wildman–Crippen MR) is 178 cm³/mol. The molecule has 0 amide bonds. The lowest BCUT2D eigenvalue weighted by Gasteiger charge is -2.28. The summed E-state index contributed by atoms with van der Waals surface area (Å²) in [7, 11) is -2.95. The number of hydrogen-bond acceptors (Lipinski definition) is 14. The minimum Gasteiger partial charge on any atom is -0.479 e. The van der Waals surface area contributed by atoms with Crippen LogP contribution >= 0.6 is 7.67 Å². The average molecular weight is 714 g/mol. The van der Waals surface area contributed by atoms with E-state index in [4.69, 9.17) is 29.2 Å². The number of fused-ring (bicyclic) bond motifs is 1. The number of benzene rings is 2. The van der Waals surface area contributed by atoms with Gasteiger partial charge in [0.1, 0.15) is 43.1 Å². The zero-order valence-electron chi connectivity index (χ0n) is 27.8. The lowest BCUT2D eigenvalue weighted by molar-refractivity contribution is -0.147. The Bertz CT molecular complexity index is 1760. The number of methoxy groups -OCH3 is 1. The lowest BCUT2D eigenvalue weighted by Crippen LogP contribution is -2.45. The molecule has 0 bridgehead atoms. The Morgan fingerprint density at radius 1 is 1.00 bits per heavy atom. The average Bonchev–Trinajstić information content (AvgIpc) is 3.61. The number of esters is 2. The van der Waals surface area contributed by atoms with Crippen molar-refractivity contribution in [3.63, 3.8) is 0 Å². The number of aliphatic hydroxyl groups is 2. The van der Waals surface area contributed by atoms with E-state index in [0.717, 1.165) is 11.1 Å². The summed E-state index contributed by atoms with van der Waals surface area (Å²) in [6.07, 6.45) is -2.81. The number of nitrogens with one attached hydrogen (secondary N) is 2. The van der Waals surface area contributed by atoms with E-state index in [1.807, 2.05) is 12.1 Å². The monoisotopic (exact) mass is 713 g/mol. The number of aromatic nitrogens is 4. The van der Waals surface area contributed by atoms with Crippen LogP contribution in [-0.4, -0.2) is 85.3 Å². The van der Waals surface area contributed by atoms with Gasteiger partial charge in [0, 0.05) is 0 Å². The smallest absolute Gasteiger partial charge is 0.342 e. The van der Waals surface area contributed by atoms with Crippen LogP contribution in [0.3, 0.4) is 0 Å². The topological polar surface area (TPSA) is 231 Å². The third-order valence-electron chi connectivity index (χ3n) is 7.91. The second-order valence-electron chi connectivity index (χ2n) is 11.8. The minimum absolute atomic E-state index is 0.0313. The first-order chi connectivity index (χ1) is 23.8. The van der Waals surface area contributed by atoms with Gasteiger partial charge in [0.05, 0.1) is 20.0 Å². The maximum absolute atomic E-state index is 14.3. The van der Waals surface area contributed by atoms with Crippen molar-refractivity contribution in [3.05, 3.63) is 78.1 Å². The van der Waals surface area contributed by atoms with Gasteiger partial charge in [-0.15, -0.1) is 0 Å². The van der Waals surface area contributed by atoms with Crippen molar-refractivity contribution in [2.45, 2.75) is 70.1 Å². The highest BCUT2D eigenvalue weighted by Gasteiger charge is 2.54. The minimum atomic E-state index is -4.33. The van der Waals surface area contributed by atoms with E-state index in [9.17, 15) is 24.4 Å². The molecule has 2 aromatic heterocycles. The zero-order chi connectivity index (χ0) is 36.1. The molecule has 0 spiro atoms. The summed E-state index contributed by atoms with van der Waals surface area (Å²) in [5.41, 5.74) is 5.77. The largest absolute Gasteiger partial charge is 0.479 e. The maximum Gasteiger partial charge on any atom is 0.342 e. The van der Waals surface area contributed by atoms with E-state index in [1.165, 1.54) is 38.8 Å². The van der Waals surface area contributed by atoms with E-state index >= 15 is 0 Å². The van der Waals surface area contributed by atoms with Crippen molar-refractivity contribution in [2.75, 3.05) is 19.5 Å². The Morgan fingerprint density at radius 2 is 1.54 bits per heavy atom. The number of imidazole rings is 1. The third-order valence-corrected chi connectivity index (χ3v) is 9.88. The molecule has 1 aliphatic heterocycles. The maximum atomic E-state index is 14.3. The second kappa shape index (κ2) is 15.6. The molecule has 1 aliphatic rings. The van der Waals surface area contributed by atoms with Gasteiger partial charge in [0.2, 0.25) is 11.8 Å². The third kappa shape index (κ3) is 8.45. The molecule has 50 heavy (non-hydrogen) atoms. The van der Waals surface area contributed by atoms with Gasteiger partial charge in [0.25, 0.3) is 0 Å². The van der Waals surface area contributed by atoms with Crippen molar-refractivity contribution in [2.24, 2.45) is 0 Å². The highest BCUT2D eigenvalue weighted by Crippen LogP contribution is 2.44. The molecule has 18 heteroatoms. The van der Waals surface area contributed by atoms with E-state index in [2.05, 4.69) is 25.1 Å². The van der Waals surface area contributed by atoms with Crippen LogP contribution < -0.4 is 20.6 Å². The fraction of sp³-hybridized carbons (Fsp3) is 0.406. The number of carbonyl (C=O) groups is 2. The Morgan fingerprint density at radius 3 is 2.06 bits per heavy atom. The van der Waals surface area contributed by atoms with E-state index in [0.29, 0.717) is 0 Å². The van der Waals surface area contributed by atoms with Crippen LogP contribution in [0.15, 0.2) is 67.0 Å². The number of nitrogens with zero attached hydrogens (tertiary/aromatic N) is 4. The molecule has 2 aromatic carbocycles. The molecule has 0 unspecified atom stereocenters. The van der Waals surface area contributed by atoms with Gasteiger partial charge in [-0.25, -0.2) is 15.2 Å². The van der Waals surface area contributed by atoms with Gasteiger partial charge in [0.15, 0.2) is 17.4 Å². The van der Waals surface area contributed by atoms with Gasteiger partial charge in [-0.1, -0.05) is 60.7 Å².